The Morgan fingerprint density at radius 2 is 1.67 bits per heavy atom. The van der Waals surface area contributed by atoms with Crippen molar-refractivity contribution in [2.75, 3.05) is 35.9 Å². The van der Waals surface area contributed by atoms with Gasteiger partial charge in [-0.3, -0.25) is 9.59 Å². The smallest absolute Gasteiger partial charge is 0.338 e. The van der Waals surface area contributed by atoms with Crippen molar-refractivity contribution in [1.82, 2.24) is 4.98 Å². The molecule has 0 aliphatic rings. The number of methoxy groups -OCH3 is 1. The van der Waals surface area contributed by atoms with E-state index in [0.717, 1.165) is 11.3 Å². The number of carbonyl (C=O) groups is 3. The van der Waals surface area contributed by atoms with Gasteiger partial charge in [-0.2, -0.15) is 0 Å². The van der Waals surface area contributed by atoms with Crippen LogP contribution >= 0.6 is 11.3 Å². The molecule has 1 aromatic heterocycles. The number of anilines is 2. The highest BCUT2D eigenvalue weighted by Gasteiger charge is 2.22. The molecule has 0 bridgehead atoms. The summed E-state index contributed by atoms with van der Waals surface area (Å²) in [5.74, 6) is -3.21. The van der Waals surface area contributed by atoms with Crippen molar-refractivity contribution < 1.29 is 32.3 Å². The number of sulfone groups is 1. The summed E-state index contributed by atoms with van der Waals surface area (Å²) in [5.41, 5.74) is 1.28. The van der Waals surface area contributed by atoms with Gasteiger partial charge in [0, 0.05) is 5.69 Å². The predicted molar refractivity (Wildman–Crippen MR) is 124 cm³/mol. The number of amides is 2. The van der Waals surface area contributed by atoms with Crippen LogP contribution in [0.5, 0.6) is 5.75 Å². The van der Waals surface area contributed by atoms with Gasteiger partial charge in [0.15, 0.2) is 15.0 Å². The van der Waals surface area contributed by atoms with Crippen LogP contribution in [0.1, 0.15) is 17.3 Å². The topological polar surface area (TPSA) is 141 Å². The molecule has 33 heavy (non-hydrogen) atoms. The van der Waals surface area contributed by atoms with Crippen molar-refractivity contribution in [3.05, 3.63) is 48.0 Å². The normalized spacial score (nSPS) is 11.1. The zero-order valence-corrected chi connectivity index (χ0v) is 19.4. The fraction of sp³-hybridized carbons (Fsp3) is 0.238. The third-order valence-electron chi connectivity index (χ3n) is 4.22. The molecule has 0 aliphatic carbocycles. The number of hydrogen-bond acceptors (Lipinski definition) is 9. The van der Waals surface area contributed by atoms with Crippen molar-refractivity contribution >= 4 is 60.0 Å². The van der Waals surface area contributed by atoms with Gasteiger partial charge in [0.1, 0.15) is 17.3 Å². The Hall–Kier alpha value is -3.51. The molecule has 12 heteroatoms. The lowest BCUT2D eigenvalue weighted by atomic mass is 10.2. The van der Waals surface area contributed by atoms with Gasteiger partial charge < -0.3 is 20.1 Å². The lowest BCUT2D eigenvalue weighted by Crippen LogP contribution is -2.30. The molecule has 3 aromatic rings. The monoisotopic (exact) mass is 491 g/mol. The average Bonchev–Trinajstić information content (AvgIpc) is 3.14. The maximum absolute atomic E-state index is 12.3. The molecule has 0 saturated heterocycles. The third-order valence-corrected chi connectivity index (χ3v) is 6.56. The zero-order chi connectivity index (χ0) is 24.0. The van der Waals surface area contributed by atoms with Crippen LogP contribution in [0.25, 0.3) is 10.2 Å². The maximum atomic E-state index is 12.3. The molecule has 1 heterocycles. The number of benzene rings is 2. The van der Waals surface area contributed by atoms with Crippen LogP contribution in [-0.4, -0.2) is 56.4 Å². The highest BCUT2D eigenvalue weighted by molar-refractivity contribution is 7.92. The van der Waals surface area contributed by atoms with E-state index in [-0.39, 0.29) is 11.7 Å². The van der Waals surface area contributed by atoms with Crippen LogP contribution in [0.15, 0.2) is 42.5 Å². The van der Waals surface area contributed by atoms with Gasteiger partial charge in [-0.25, -0.2) is 18.2 Å². The number of ether oxygens (including phenoxy) is 2. The quantitative estimate of drug-likeness (QED) is 0.435. The molecular formula is C21H21N3O7S2. The van der Waals surface area contributed by atoms with E-state index in [4.69, 9.17) is 9.47 Å². The number of esters is 1. The Labute approximate surface area is 193 Å². The number of fused-ring (bicyclic) bond motifs is 1. The van der Waals surface area contributed by atoms with Crippen molar-refractivity contribution in [3.8, 4) is 5.75 Å². The van der Waals surface area contributed by atoms with E-state index in [1.807, 2.05) is 0 Å². The van der Waals surface area contributed by atoms with Gasteiger partial charge in [0.2, 0.25) is 11.8 Å². The fourth-order valence-electron chi connectivity index (χ4n) is 2.80. The largest absolute Gasteiger partial charge is 0.497 e. The van der Waals surface area contributed by atoms with E-state index in [1.165, 1.54) is 7.11 Å². The SMILES string of the molecule is CCOC(=O)c1ccc2nc(NC(=O)CS(=O)(=O)CC(=O)Nc3ccc(OC)cc3)sc2c1. The maximum Gasteiger partial charge on any atom is 0.338 e. The van der Waals surface area contributed by atoms with Crippen LogP contribution in [0.4, 0.5) is 10.8 Å². The molecule has 10 nitrogen and oxygen atoms in total. The Bertz CT molecular complexity index is 1280. The Morgan fingerprint density at radius 1 is 1.00 bits per heavy atom. The molecule has 0 fully saturated rings. The molecule has 2 aromatic carbocycles. The first-order valence-corrected chi connectivity index (χ1v) is 12.3. The fourth-order valence-corrected chi connectivity index (χ4v) is 4.76. The number of nitrogens with zero attached hydrogens (tertiary/aromatic N) is 1. The molecular weight excluding hydrogens is 470 g/mol. The lowest BCUT2D eigenvalue weighted by Gasteiger charge is -2.07. The summed E-state index contributed by atoms with van der Waals surface area (Å²) in [6, 6.07) is 11.1. The van der Waals surface area contributed by atoms with E-state index in [1.54, 1.807) is 49.4 Å². The Morgan fingerprint density at radius 3 is 2.30 bits per heavy atom. The summed E-state index contributed by atoms with van der Waals surface area (Å²) in [6.07, 6.45) is 0. The van der Waals surface area contributed by atoms with Crippen molar-refractivity contribution in [2.24, 2.45) is 0 Å². The van der Waals surface area contributed by atoms with E-state index in [2.05, 4.69) is 15.6 Å². The van der Waals surface area contributed by atoms with E-state index in [0.29, 0.717) is 27.2 Å². The molecule has 0 spiro atoms. The minimum Gasteiger partial charge on any atom is -0.497 e. The summed E-state index contributed by atoms with van der Waals surface area (Å²) in [6.45, 7) is 1.95. The van der Waals surface area contributed by atoms with E-state index >= 15 is 0 Å². The Balaban J connectivity index is 1.58. The number of nitrogens with one attached hydrogen (secondary N) is 2. The highest BCUT2D eigenvalue weighted by atomic mass is 32.2. The molecule has 174 valence electrons. The molecule has 2 N–H and O–H groups in total. The van der Waals surface area contributed by atoms with Gasteiger partial charge in [0.25, 0.3) is 0 Å². The molecule has 3 rings (SSSR count). The number of hydrogen-bond donors (Lipinski definition) is 2. The first kappa shape index (κ1) is 24.1. The molecule has 0 atom stereocenters. The van der Waals surface area contributed by atoms with Crippen LogP contribution < -0.4 is 15.4 Å². The van der Waals surface area contributed by atoms with Gasteiger partial charge in [-0.15, -0.1) is 0 Å². The van der Waals surface area contributed by atoms with Crippen LogP contribution in [0.2, 0.25) is 0 Å². The second-order valence-electron chi connectivity index (χ2n) is 6.78. The predicted octanol–water partition coefficient (Wildman–Crippen LogP) is 2.47. The summed E-state index contributed by atoms with van der Waals surface area (Å²) in [4.78, 5) is 40.4. The molecule has 2 amide bonds. The minimum atomic E-state index is -4.02. The van der Waals surface area contributed by atoms with Gasteiger partial charge >= 0.3 is 5.97 Å². The number of thiazole rings is 1. The van der Waals surface area contributed by atoms with Crippen LogP contribution in [-0.2, 0) is 24.2 Å². The standard InChI is InChI=1S/C21H21N3O7S2/c1-3-31-20(27)13-4-9-16-17(10-13)32-21(23-16)24-19(26)12-33(28,29)11-18(25)22-14-5-7-15(30-2)8-6-14/h4-10H,3,11-12H2,1-2H3,(H,22,25)(H,23,24,26). The summed E-state index contributed by atoms with van der Waals surface area (Å²) < 4.78 is 35.1. The van der Waals surface area contributed by atoms with Gasteiger partial charge in [-0.1, -0.05) is 11.3 Å². The summed E-state index contributed by atoms with van der Waals surface area (Å²) in [7, 11) is -2.52. The number of rotatable bonds is 9. The zero-order valence-electron chi connectivity index (χ0n) is 17.8. The van der Waals surface area contributed by atoms with Crippen molar-refractivity contribution in [2.45, 2.75) is 6.92 Å². The van der Waals surface area contributed by atoms with E-state index < -0.39 is 39.1 Å². The number of carbonyl (C=O) groups excluding carboxylic acids is 3. The third kappa shape index (κ3) is 6.73. The average molecular weight is 492 g/mol. The minimum absolute atomic E-state index is 0.175. The van der Waals surface area contributed by atoms with E-state index in [9.17, 15) is 22.8 Å². The van der Waals surface area contributed by atoms with Crippen LogP contribution in [0, 0.1) is 0 Å². The molecule has 0 radical (unpaired) electrons. The Kier molecular flexibility index (Phi) is 7.61. The van der Waals surface area contributed by atoms with Crippen LogP contribution in [0.3, 0.4) is 0 Å². The first-order valence-electron chi connectivity index (χ1n) is 9.71. The molecule has 0 aliphatic heterocycles. The molecule has 0 unspecified atom stereocenters. The first-order chi connectivity index (χ1) is 15.7. The van der Waals surface area contributed by atoms with Crippen molar-refractivity contribution in [3.63, 3.8) is 0 Å². The molecule has 0 saturated carbocycles. The number of aromatic nitrogens is 1. The second kappa shape index (κ2) is 10.4. The van der Waals surface area contributed by atoms with Gasteiger partial charge in [-0.05, 0) is 49.4 Å². The lowest BCUT2D eigenvalue weighted by molar-refractivity contribution is -0.114. The highest BCUT2D eigenvalue weighted by Crippen LogP contribution is 2.27. The van der Waals surface area contributed by atoms with Gasteiger partial charge in [0.05, 0.1) is 29.5 Å². The second-order valence-corrected chi connectivity index (χ2v) is 9.87. The summed E-state index contributed by atoms with van der Waals surface area (Å²) in [5, 5.41) is 5.06. The van der Waals surface area contributed by atoms with Crippen molar-refractivity contribution in [1.29, 1.82) is 0 Å². The summed E-state index contributed by atoms with van der Waals surface area (Å²) >= 11 is 1.08.